The number of aliphatic hydroxyl groups excluding tert-OH is 1. The molecule has 0 aromatic heterocycles. The van der Waals surface area contributed by atoms with Crippen LogP contribution in [0.4, 0.5) is 0 Å². The lowest BCUT2D eigenvalue weighted by atomic mass is 10.0. The van der Waals surface area contributed by atoms with Gasteiger partial charge < -0.3 is 19.8 Å². The maximum absolute atomic E-state index is 12.9. The maximum Gasteiger partial charge on any atom is 0.472 e. The van der Waals surface area contributed by atoms with E-state index < -0.39 is 20.0 Å². The smallest absolute Gasteiger partial charge is 0.387 e. The molecule has 0 radical (unpaired) electrons. The van der Waals surface area contributed by atoms with Crippen molar-refractivity contribution in [3.8, 4) is 0 Å². The quantitative estimate of drug-likeness (QED) is 0.0243. The number of carbonyl (C=O) groups excluding carboxylic acids is 1. The number of phosphoric ester groups is 1. The fourth-order valence-corrected chi connectivity index (χ4v) is 8.96. The normalized spacial score (nSPS) is 14.5. The molecule has 3 N–H and O–H groups in total. The third kappa shape index (κ3) is 55.3. The van der Waals surface area contributed by atoms with Gasteiger partial charge in [0.2, 0.25) is 5.91 Å². The predicted molar refractivity (Wildman–Crippen MR) is 309 cm³/mol. The average Bonchev–Trinajstić information content (AvgIpc) is 3.33. The van der Waals surface area contributed by atoms with Crippen LogP contribution in [0.25, 0.3) is 0 Å². The van der Waals surface area contributed by atoms with E-state index in [1.54, 1.807) is 6.08 Å². The number of allylic oxidation sites excluding steroid dienone is 13. The molecule has 0 saturated heterocycles. The summed E-state index contributed by atoms with van der Waals surface area (Å²) in [6.45, 7) is 4.63. The van der Waals surface area contributed by atoms with E-state index in [0.29, 0.717) is 17.4 Å². The number of unbranched alkanes of at least 4 members (excludes halogenated alkanes) is 28. The van der Waals surface area contributed by atoms with Crippen molar-refractivity contribution in [1.29, 1.82) is 0 Å². The molecule has 71 heavy (non-hydrogen) atoms. The van der Waals surface area contributed by atoms with E-state index in [1.807, 2.05) is 27.2 Å². The molecular weight excluding hydrogens is 900 g/mol. The second kappa shape index (κ2) is 52.5. The first-order chi connectivity index (χ1) is 34.5. The van der Waals surface area contributed by atoms with Crippen molar-refractivity contribution in [3.63, 3.8) is 0 Å². The molecule has 0 aliphatic heterocycles. The van der Waals surface area contributed by atoms with Gasteiger partial charge in [-0.2, -0.15) is 0 Å². The van der Waals surface area contributed by atoms with Crippen molar-refractivity contribution < 1.29 is 32.9 Å². The summed E-state index contributed by atoms with van der Waals surface area (Å²) in [4.78, 5) is 23.2. The third-order valence-corrected chi connectivity index (χ3v) is 13.8. The molecule has 9 heteroatoms. The van der Waals surface area contributed by atoms with Gasteiger partial charge in [-0.05, 0) is 77.0 Å². The summed E-state index contributed by atoms with van der Waals surface area (Å²) < 4.78 is 23.6. The maximum atomic E-state index is 12.9. The molecule has 0 rings (SSSR count). The van der Waals surface area contributed by atoms with E-state index in [0.717, 1.165) is 77.0 Å². The van der Waals surface area contributed by atoms with Gasteiger partial charge in [0.25, 0.3) is 0 Å². The summed E-state index contributed by atoms with van der Waals surface area (Å²) in [5.41, 5.74) is 0. The molecule has 0 aliphatic rings. The largest absolute Gasteiger partial charge is 0.472 e. The van der Waals surface area contributed by atoms with Gasteiger partial charge in [-0.25, -0.2) is 4.57 Å². The first-order valence-electron chi connectivity index (χ1n) is 29.5. The number of aliphatic hydroxyl groups is 1. The number of phosphoric acid groups is 1. The van der Waals surface area contributed by atoms with Gasteiger partial charge in [0.15, 0.2) is 0 Å². The second-order valence-corrected chi connectivity index (χ2v) is 22.4. The van der Waals surface area contributed by atoms with Gasteiger partial charge in [-0.3, -0.25) is 13.8 Å². The molecule has 0 heterocycles. The summed E-state index contributed by atoms with van der Waals surface area (Å²) in [5.74, 6) is -0.191. The Morgan fingerprint density at radius 3 is 1.30 bits per heavy atom. The molecule has 8 nitrogen and oxygen atoms in total. The van der Waals surface area contributed by atoms with Crippen molar-refractivity contribution in [1.82, 2.24) is 5.32 Å². The molecular formula is C62H114N2O6P+. The Kier molecular flexibility index (Phi) is 50.8. The molecule has 0 bridgehead atoms. The highest BCUT2D eigenvalue weighted by Crippen LogP contribution is 2.43. The van der Waals surface area contributed by atoms with Crippen LogP contribution >= 0.6 is 7.82 Å². The number of likely N-dealkylation sites (N-methyl/N-ethyl adjacent to an activating group) is 1. The molecule has 0 aromatic rings. The van der Waals surface area contributed by atoms with E-state index in [1.165, 1.54) is 154 Å². The molecule has 0 aliphatic carbocycles. The van der Waals surface area contributed by atoms with Crippen LogP contribution in [0.5, 0.6) is 0 Å². The van der Waals surface area contributed by atoms with Gasteiger partial charge in [-0.1, -0.05) is 253 Å². The van der Waals surface area contributed by atoms with Crippen molar-refractivity contribution in [2.24, 2.45) is 0 Å². The minimum absolute atomic E-state index is 0.0522. The van der Waals surface area contributed by atoms with Gasteiger partial charge >= 0.3 is 7.82 Å². The highest BCUT2D eigenvalue weighted by atomic mass is 31.2. The summed E-state index contributed by atoms with van der Waals surface area (Å²) in [6.07, 6.45) is 74.4. The van der Waals surface area contributed by atoms with Crippen molar-refractivity contribution in [3.05, 3.63) is 85.1 Å². The number of hydrogen-bond acceptors (Lipinski definition) is 5. The molecule has 412 valence electrons. The van der Waals surface area contributed by atoms with Gasteiger partial charge in [0.05, 0.1) is 39.9 Å². The fraction of sp³-hybridized carbons (Fsp3) is 0.758. The lowest BCUT2D eigenvalue weighted by Crippen LogP contribution is -2.45. The number of amides is 1. The van der Waals surface area contributed by atoms with E-state index >= 15 is 0 Å². The molecule has 0 aromatic carbocycles. The highest BCUT2D eigenvalue weighted by Gasteiger charge is 2.27. The Hall–Kier alpha value is -2.32. The standard InChI is InChI=1S/C62H113N2O6P/c1-6-8-10-12-14-16-18-20-21-22-23-24-25-26-27-28-29-30-31-32-33-34-35-36-37-38-39-40-41-42-43-44-46-48-50-52-54-56-62(66)63-60(59-70-71(67,68)69-58-57-64(3,4)5)61(65)55-53-51-49-47-45-19-17-15-13-11-9-7-2/h8,10,13-16,20-21,23-24,45,47,53,55,60-61,65H,6-7,9,11-12,17-19,22,25-44,46,48-52,54,56-59H2,1-5H3,(H-,63,66,67,68)/p+1/b10-8-,15-13+,16-14-,21-20-,24-23-,47-45+,55-53+. The SMILES string of the molecule is CC/C=C\C/C=C\C/C=C\C/C=C\CCCCCCCCCCCCCCCCCCCCCCCCCCC(=O)NC(COP(=O)(O)OCC[N+](C)(C)C)C(O)/C=C/CC/C=C/CC/C=C/CCCC. The van der Waals surface area contributed by atoms with Crippen molar-refractivity contribution in [2.45, 2.75) is 264 Å². The van der Waals surface area contributed by atoms with Crippen LogP contribution in [0.3, 0.4) is 0 Å². The van der Waals surface area contributed by atoms with Crippen LogP contribution in [0, 0.1) is 0 Å². The number of nitrogens with one attached hydrogen (secondary N) is 1. The predicted octanol–water partition coefficient (Wildman–Crippen LogP) is 18.0. The highest BCUT2D eigenvalue weighted by molar-refractivity contribution is 7.47. The monoisotopic (exact) mass is 1010 g/mol. The van der Waals surface area contributed by atoms with Crippen LogP contribution in [-0.4, -0.2) is 73.4 Å². The minimum Gasteiger partial charge on any atom is -0.387 e. The molecule has 1 amide bonds. The Morgan fingerprint density at radius 1 is 0.493 bits per heavy atom. The number of rotatable bonds is 53. The van der Waals surface area contributed by atoms with Crippen LogP contribution in [0.1, 0.15) is 251 Å². The Balaban J connectivity index is 3.93. The minimum atomic E-state index is -4.35. The molecule has 0 fully saturated rings. The zero-order chi connectivity index (χ0) is 52.0. The van der Waals surface area contributed by atoms with Gasteiger partial charge in [0, 0.05) is 6.42 Å². The Morgan fingerprint density at radius 2 is 0.859 bits per heavy atom. The number of quaternary nitrogens is 1. The van der Waals surface area contributed by atoms with E-state index in [-0.39, 0.29) is 19.1 Å². The van der Waals surface area contributed by atoms with Crippen LogP contribution in [0.15, 0.2) is 85.1 Å². The Bertz CT molecular complexity index is 1430. The summed E-state index contributed by atoms with van der Waals surface area (Å²) in [5, 5.41) is 13.8. The van der Waals surface area contributed by atoms with Gasteiger partial charge in [-0.15, -0.1) is 0 Å². The summed E-state index contributed by atoms with van der Waals surface area (Å²) in [7, 11) is 1.54. The van der Waals surface area contributed by atoms with Crippen LogP contribution in [-0.2, 0) is 18.4 Å². The van der Waals surface area contributed by atoms with E-state index in [4.69, 9.17) is 9.05 Å². The number of carbonyl (C=O) groups is 1. The topological polar surface area (TPSA) is 105 Å². The first kappa shape index (κ1) is 68.7. The van der Waals surface area contributed by atoms with Gasteiger partial charge in [0.1, 0.15) is 13.2 Å². The Labute approximate surface area is 439 Å². The zero-order valence-electron chi connectivity index (χ0n) is 46.9. The summed E-state index contributed by atoms with van der Waals surface area (Å²) >= 11 is 0. The van der Waals surface area contributed by atoms with Crippen LogP contribution in [0.2, 0.25) is 0 Å². The summed E-state index contributed by atoms with van der Waals surface area (Å²) in [6, 6.07) is -0.870. The van der Waals surface area contributed by atoms with E-state index in [9.17, 15) is 19.4 Å². The van der Waals surface area contributed by atoms with E-state index in [2.05, 4.69) is 92.1 Å². The third-order valence-electron chi connectivity index (χ3n) is 12.8. The van der Waals surface area contributed by atoms with Crippen molar-refractivity contribution in [2.75, 3.05) is 40.9 Å². The zero-order valence-corrected chi connectivity index (χ0v) is 47.8. The second-order valence-electron chi connectivity index (χ2n) is 21.0. The fourth-order valence-electron chi connectivity index (χ4n) is 8.23. The molecule has 0 spiro atoms. The number of hydrogen-bond donors (Lipinski definition) is 3. The lowest BCUT2D eigenvalue weighted by molar-refractivity contribution is -0.870. The molecule has 0 saturated carbocycles. The lowest BCUT2D eigenvalue weighted by Gasteiger charge is -2.25. The van der Waals surface area contributed by atoms with Crippen LogP contribution < -0.4 is 5.32 Å². The number of nitrogens with zero attached hydrogens (tertiary/aromatic N) is 1. The average molecular weight is 1010 g/mol. The molecule has 3 atom stereocenters. The first-order valence-corrected chi connectivity index (χ1v) is 31.0. The molecule has 3 unspecified atom stereocenters. The van der Waals surface area contributed by atoms with Crippen molar-refractivity contribution >= 4 is 13.7 Å².